The molecule has 1 heterocycles. The summed E-state index contributed by atoms with van der Waals surface area (Å²) in [7, 11) is 2.12. The van der Waals surface area contributed by atoms with E-state index in [0.29, 0.717) is 0 Å². The Labute approximate surface area is 135 Å². The molecular weight excluding hydrogens is 290 g/mol. The van der Waals surface area contributed by atoms with Crippen LogP contribution in [0.1, 0.15) is 27.9 Å². The number of benzene rings is 2. The first-order valence-corrected chi connectivity index (χ1v) is 7.60. The van der Waals surface area contributed by atoms with Crippen LogP contribution in [0.2, 0.25) is 0 Å². The Bertz CT molecular complexity index is 738. The maximum atomic E-state index is 10.8. The van der Waals surface area contributed by atoms with Crippen molar-refractivity contribution in [2.24, 2.45) is 5.10 Å². The van der Waals surface area contributed by atoms with E-state index in [0.717, 1.165) is 24.2 Å². The molecule has 0 saturated carbocycles. The van der Waals surface area contributed by atoms with Crippen LogP contribution in [0.15, 0.2) is 47.6 Å². The first-order valence-electron chi connectivity index (χ1n) is 7.60. The third kappa shape index (κ3) is 3.51. The van der Waals surface area contributed by atoms with E-state index in [9.17, 15) is 4.79 Å². The van der Waals surface area contributed by atoms with Gasteiger partial charge in [-0.1, -0.05) is 6.07 Å². The Morgan fingerprint density at radius 1 is 1.26 bits per heavy atom. The number of nitrogens with one attached hydrogen (secondary N) is 1. The molecule has 0 spiro atoms. The van der Waals surface area contributed by atoms with E-state index in [1.807, 2.05) is 0 Å². The van der Waals surface area contributed by atoms with Gasteiger partial charge in [0.05, 0.1) is 17.5 Å². The fourth-order valence-electron chi connectivity index (χ4n) is 2.75. The lowest BCUT2D eigenvalue weighted by molar-refractivity contribution is 0.0697. The number of carboxylic acid groups (broad SMARTS) is 1. The molecule has 2 N–H and O–H groups in total. The molecule has 0 fully saturated rings. The molecule has 0 unspecified atom stereocenters. The maximum Gasteiger partial charge on any atom is 0.335 e. The van der Waals surface area contributed by atoms with Gasteiger partial charge >= 0.3 is 5.97 Å². The fourth-order valence-corrected chi connectivity index (χ4v) is 2.75. The second-order valence-corrected chi connectivity index (χ2v) is 5.67. The SMILES string of the molecule is CN1CCCc2cc(C=NNc3ccc(C(=O)O)cc3)ccc21. The zero-order chi connectivity index (χ0) is 16.2. The molecule has 0 aromatic heterocycles. The lowest BCUT2D eigenvalue weighted by Gasteiger charge is -2.27. The van der Waals surface area contributed by atoms with Gasteiger partial charge in [-0.05, 0) is 60.4 Å². The maximum absolute atomic E-state index is 10.8. The molecule has 118 valence electrons. The molecule has 0 aliphatic carbocycles. The predicted octanol–water partition coefficient (Wildman–Crippen LogP) is 3.21. The highest BCUT2D eigenvalue weighted by atomic mass is 16.4. The van der Waals surface area contributed by atoms with Gasteiger partial charge in [0.25, 0.3) is 0 Å². The number of aromatic carboxylic acids is 1. The van der Waals surface area contributed by atoms with Crippen molar-refractivity contribution in [3.63, 3.8) is 0 Å². The number of rotatable bonds is 4. The summed E-state index contributed by atoms with van der Waals surface area (Å²) >= 11 is 0. The minimum absolute atomic E-state index is 0.262. The van der Waals surface area contributed by atoms with Crippen molar-refractivity contribution in [1.82, 2.24) is 0 Å². The zero-order valence-corrected chi connectivity index (χ0v) is 13.0. The van der Waals surface area contributed by atoms with Crippen LogP contribution in [-0.4, -0.2) is 30.9 Å². The van der Waals surface area contributed by atoms with E-state index in [1.54, 1.807) is 30.5 Å². The van der Waals surface area contributed by atoms with E-state index in [4.69, 9.17) is 5.11 Å². The molecule has 0 radical (unpaired) electrons. The molecule has 5 heteroatoms. The van der Waals surface area contributed by atoms with Crippen molar-refractivity contribution < 1.29 is 9.90 Å². The standard InChI is InChI=1S/C18H19N3O2/c1-21-10-2-3-15-11-13(4-9-17(15)21)12-19-20-16-7-5-14(6-8-16)18(22)23/h4-9,11-12,20H,2-3,10H2,1H3,(H,22,23). The summed E-state index contributed by atoms with van der Waals surface area (Å²) < 4.78 is 0. The average molecular weight is 309 g/mol. The van der Waals surface area contributed by atoms with Gasteiger partial charge in [0.1, 0.15) is 0 Å². The van der Waals surface area contributed by atoms with Crippen LogP contribution in [-0.2, 0) is 6.42 Å². The Hall–Kier alpha value is -2.82. The Kier molecular flexibility index (Phi) is 4.28. The van der Waals surface area contributed by atoms with Crippen LogP contribution in [0, 0.1) is 0 Å². The topological polar surface area (TPSA) is 64.9 Å². The quantitative estimate of drug-likeness (QED) is 0.672. The van der Waals surface area contributed by atoms with Crippen molar-refractivity contribution in [3.05, 3.63) is 59.2 Å². The van der Waals surface area contributed by atoms with Gasteiger partial charge in [-0.2, -0.15) is 5.10 Å². The number of carbonyl (C=O) groups is 1. The minimum Gasteiger partial charge on any atom is -0.478 e. The second-order valence-electron chi connectivity index (χ2n) is 5.67. The number of hydrazone groups is 1. The second kappa shape index (κ2) is 6.52. The number of hydrogen-bond donors (Lipinski definition) is 2. The van der Waals surface area contributed by atoms with Gasteiger partial charge < -0.3 is 10.0 Å². The highest BCUT2D eigenvalue weighted by Crippen LogP contribution is 2.26. The van der Waals surface area contributed by atoms with E-state index in [1.165, 1.54) is 17.7 Å². The molecular formula is C18H19N3O2. The van der Waals surface area contributed by atoms with E-state index < -0.39 is 5.97 Å². The van der Waals surface area contributed by atoms with Crippen LogP contribution in [0.5, 0.6) is 0 Å². The molecule has 5 nitrogen and oxygen atoms in total. The van der Waals surface area contributed by atoms with E-state index in [2.05, 4.69) is 40.7 Å². The Morgan fingerprint density at radius 2 is 2.04 bits per heavy atom. The van der Waals surface area contributed by atoms with E-state index >= 15 is 0 Å². The lowest BCUT2D eigenvalue weighted by Crippen LogP contribution is -2.24. The van der Waals surface area contributed by atoms with Gasteiger partial charge in [-0.25, -0.2) is 4.79 Å². The zero-order valence-electron chi connectivity index (χ0n) is 13.0. The monoisotopic (exact) mass is 309 g/mol. The van der Waals surface area contributed by atoms with Crippen molar-refractivity contribution in [2.45, 2.75) is 12.8 Å². The summed E-state index contributed by atoms with van der Waals surface area (Å²) in [5, 5.41) is 13.1. The number of nitrogens with zero attached hydrogens (tertiary/aromatic N) is 2. The van der Waals surface area contributed by atoms with Gasteiger partial charge in [-0.3, -0.25) is 5.43 Å². The smallest absolute Gasteiger partial charge is 0.335 e. The van der Waals surface area contributed by atoms with Crippen LogP contribution in [0.4, 0.5) is 11.4 Å². The summed E-state index contributed by atoms with van der Waals surface area (Å²) in [6, 6.07) is 12.9. The van der Waals surface area contributed by atoms with Gasteiger partial charge in [0.15, 0.2) is 0 Å². The number of anilines is 2. The fraction of sp³-hybridized carbons (Fsp3) is 0.222. The van der Waals surface area contributed by atoms with Gasteiger partial charge in [0.2, 0.25) is 0 Å². The van der Waals surface area contributed by atoms with Crippen LogP contribution in [0.25, 0.3) is 0 Å². The first-order chi connectivity index (χ1) is 11.1. The summed E-state index contributed by atoms with van der Waals surface area (Å²) in [6.45, 7) is 1.11. The third-order valence-electron chi connectivity index (χ3n) is 3.99. The normalized spacial score (nSPS) is 13.9. The molecule has 0 saturated heterocycles. The molecule has 0 bridgehead atoms. The van der Waals surface area contributed by atoms with Gasteiger partial charge in [-0.15, -0.1) is 0 Å². The van der Waals surface area contributed by atoms with Crippen LogP contribution in [0.3, 0.4) is 0 Å². The molecule has 23 heavy (non-hydrogen) atoms. The van der Waals surface area contributed by atoms with Crippen molar-refractivity contribution >= 4 is 23.6 Å². The van der Waals surface area contributed by atoms with Crippen molar-refractivity contribution in [1.29, 1.82) is 0 Å². The molecule has 2 aromatic carbocycles. The molecule has 2 aromatic rings. The first kappa shape index (κ1) is 15.1. The van der Waals surface area contributed by atoms with Gasteiger partial charge in [0, 0.05) is 19.3 Å². The Morgan fingerprint density at radius 3 is 2.78 bits per heavy atom. The Balaban J connectivity index is 1.67. The third-order valence-corrected chi connectivity index (χ3v) is 3.99. The summed E-state index contributed by atoms with van der Waals surface area (Å²) in [5.41, 5.74) is 7.63. The molecule has 1 aliphatic rings. The highest BCUT2D eigenvalue weighted by molar-refractivity contribution is 5.88. The largest absolute Gasteiger partial charge is 0.478 e. The number of hydrogen-bond acceptors (Lipinski definition) is 4. The summed E-state index contributed by atoms with van der Waals surface area (Å²) in [4.78, 5) is 13.1. The number of carboxylic acids is 1. The van der Waals surface area contributed by atoms with Crippen molar-refractivity contribution in [3.8, 4) is 0 Å². The number of fused-ring (bicyclic) bond motifs is 1. The highest BCUT2D eigenvalue weighted by Gasteiger charge is 2.13. The lowest BCUT2D eigenvalue weighted by atomic mass is 10.00. The van der Waals surface area contributed by atoms with Crippen LogP contribution < -0.4 is 10.3 Å². The van der Waals surface area contributed by atoms with Crippen molar-refractivity contribution in [2.75, 3.05) is 23.9 Å². The minimum atomic E-state index is -0.931. The van der Waals surface area contributed by atoms with Crippen LogP contribution >= 0.6 is 0 Å². The number of aryl methyl sites for hydroxylation is 1. The molecule has 1 aliphatic heterocycles. The molecule has 0 atom stereocenters. The van der Waals surface area contributed by atoms with E-state index in [-0.39, 0.29) is 5.56 Å². The predicted molar refractivity (Wildman–Crippen MR) is 92.7 cm³/mol. The summed E-state index contributed by atoms with van der Waals surface area (Å²) in [5.74, 6) is -0.931. The summed E-state index contributed by atoms with van der Waals surface area (Å²) in [6.07, 6.45) is 4.06. The average Bonchev–Trinajstić information content (AvgIpc) is 2.55. The molecule has 0 amide bonds. The molecule has 3 rings (SSSR count).